The third-order valence-electron chi connectivity index (χ3n) is 7.28. The number of hydrogen-bond donors (Lipinski definition) is 1. The Kier molecular flexibility index (Phi) is 8.81. The van der Waals surface area contributed by atoms with Gasteiger partial charge in [-0.25, -0.2) is 9.97 Å². The molecule has 0 atom stereocenters. The minimum absolute atomic E-state index is 0.337. The lowest BCUT2D eigenvalue weighted by atomic mass is 9.90. The van der Waals surface area contributed by atoms with Gasteiger partial charge >= 0.3 is 0 Å². The van der Waals surface area contributed by atoms with E-state index in [9.17, 15) is 0 Å². The number of hydrogen-bond acceptors (Lipinski definition) is 9. The Labute approximate surface area is 223 Å². The van der Waals surface area contributed by atoms with Crippen LogP contribution in [-0.2, 0) is 9.47 Å². The Balaban J connectivity index is 1.26. The van der Waals surface area contributed by atoms with E-state index in [0.717, 1.165) is 75.2 Å². The molecule has 1 aliphatic heterocycles. The van der Waals surface area contributed by atoms with Crippen LogP contribution in [0.4, 0.5) is 11.6 Å². The highest BCUT2D eigenvalue weighted by atomic mass is 16.5. The van der Waals surface area contributed by atoms with E-state index >= 15 is 0 Å². The summed E-state index contributed by atoms with van der Waals surface area (Å²) < 4.78 is 18.8. The highest BCUT2D eigenvalue weighted by molar-refractivity contribution is 5.64. The normalized spacial score (nSPS) is 20.1. The molecule has 1 aliphatic carbocycles. The second-order valence-electron chi connectivity index (χ2n) is 9.74. The molecule has 10 nitrogen and oxygen atoms in total. The van der Waals surface area contributed by atoms with Crippen LogP contribution in [0, 0.1) is 11.3 Å². The first-order valence-electron chi connectivity index (χ1n) is 13.4. The number of rotatable bonds is 10. The number of nitrogens with one attached hydrogen (secondary N) is 1. The van der Waals surface area contributed by atoms with Gasteiger partial charge in [0.1, 0.15) is 5.69 Å². The zero-order valence-electron chi connectivity index (χ0n) is 21.9. The van der Waals surface area contributed by atoms with Crippen molar-refractivity contribution in [1.82, 2.24) is 24.6 Å². The monoisotopic (exact) mass is 517 g/mol. The average molecular weight is 518 g/mol. The van der Waals surface area contributed by atoms with E-state index in [2.05, 4.69) is 30.9 Å². The predicted octanol–water partition coefficient (Wildman–Crippen LogP) is 4.19. The average Bonchev–Trinajstić information content (AvgIpc) is 3.38. The van der Waals surface area contributed by atoms with Crippen molar-refractivity contribution in [2.75, 3.05) is 51.9 Å². The molecule has 1 aromatic carbocycles. The molecule has 0 spiro atoms. The lowest BCUT2D eigenvalue weighted by molar-refractivity contribution is 0.00503. The molecule has 1 saturated carbocycles. The summed E-state index contributed by atoms with van der Waals surface area (Å²) >= 11 is 0. The van der Waals surface area contributed by atoms with Gasteiger partial charge in [0.05, 0.1) is 43.7 Å². The van der Waals surface area contributed by atoms with Gasteiger partial charge in [0.25, 0.3) is 5.88 Å². The SMILES string of the molecule is COCCCOc1nn(C2CCC(N3CCOCC3)CC2)cc1Nc1ncc(-c2ccc(C#N)cc2)cn1. The lowest BCUT2D eigenvalue weighted by Crippen LogP contribution is -2.45. The van der Waals surface area contributed by atoms with Crippen LogP contribution in [0.1, 0.15) is 43.7 Å². The van der Waals surface area contributed by atoms with Crippen molar-refractivity contribution in [3.63, 3.8) is 0 Å². The van der Waals surface area contributed by atoms with Gasteiger partial charge in [0, 0.05) is 57.2 Å². The van der Waals surface area contributed by atoms with Crippen molar-refractivity contribution >= 4 is 11.6 Å². The van der Waals surface area contributed by atoms with Crippen LogP contribution < -0.4 is 10.1 Å². The number of ether oxygens (including phenoxy) is 3. The molecule has 200 valence electrons. The minimum Gasteiger partial charge on any atom is -0.475 e. The summed E-state index contributed by atoms with van der Waals surface area (Å²) in [5, 5.41) is 17.1. The van der Waals surface area contributed by atoms with Crippen LogP contribution in [0.3, 0.4) is 0 Å². The van der Waals surface area contributed by atoms with E-state index in [1.165, 1.54) is 0 Å². The Morgan fingerprint density at radius 1 is 1.00 bits per heavy atom. The zero-order chi connectivity index (χ0) is 26.2. The first kappa shape index (κ1) is 26.1. The first-order valence-corrected chi connectivity index (χ1v) is 13.4. The number of morpholine rings is 1. The quantitative estimate of drug-likeness (QED) is 0.396. The lowest BCUT2D eigenvalue weighted by Gasteiger charge is -2.38. The van der Waals surface area contributed by atoms with Crippen molar-refractivity contribution in [3.8, 4) is 23.1 Å². The highest BCUT2D eigenvalue weighted by Gasteiger charge is 2.29. The van der Waals surface area contributed by atoms with E-state index in [4.69, 9.17) is 24.6 Å². The molecule has 0 amide bonds. The van der Waals surface area contributed by atoms with E-state index in [1.54, 1.807) is 31.6 Å². The summed E-state index contributed by atoms with van der Waals surface area (Å²) in [4.78, 5) is 11.6. The van der Waals surface area contributed by atoms with Gasteiger partial charge in [-0.2, -0.15) is 5.26 Å². The maximum absolute atomic E-state index is 9.02. The molecule has 3 aromatic rings. The molecule has 2 aliphatic rings. The molecule has 0 radical (unpaired) electrons. The first-order chi connectivity index (χ1) is 18.7. The molecular weight excluding hydrogens is 482 g/mol. The van der Waals surface area contributed by atoms with Crippen molar-refractivity contribution in [3.05, 3.63) is 48.4 Å². The topological polar surface area (TPSA) is 110 Å². The number of benzene rings is 1. The van der Waals surface area contributed by atoms with Crippen molar-refractivity contribution in [2.24, 2.45) is 0 Å². The van der Waals surface area contributed by atoms with Crippen LogP contribution in [-0.4, -0.2) is 77.3 Å². The van der Waals surface area contributed by atoms with E-state index in [0.29, 0.717) is 42.7 Å². The largest absolute Gasteiger partial charge is 0.475 e. The molecule has 1 saturated heterocycles. The van der Waals surface area contributed by atoms with Crippen LogP contribution in [0.2, 0.25) is 0 Å². The molecule has 10 heteroatoms. The smallest absolute Gasteiger partial charge is 0.256 e. The molecule has 0 unspecified atom stereocenters. The Morgan fingerprint density at radius 2 is 1.71 bits per heavy atom. The maximum atomic E-state index is 9.02. The van der Waals surface area contributed by atoms with Crippen LogP contribution in [0.5, 0.6) is 5.88 Å². The predicted molar refractivity (Wildman–Crippen MR) is 143 cm³/mol. The Hall–Kier alpha value is -3.52. The Bertz CT molecular complexity index is 1190. The summed E-state index contributed by atoms with van der Waals surface area (Å²) in [5.74, 6) is 1.02. The molecule has 2 aromatic heterocycles. The molecule has 2 fully saturated rings. The summed E-state index contributed by atoms with van der Waals surface area (Å²) in [6.45, 7) is 4.91. The fourth-order valence-electron chi connectivity index (χ4n) is 5.16. The second kappa shape index (κ2) is 12.8. The fraction of sp³-hybridized carbons (Fsp3) is 0.500. The zero-order valence-corrected chi connectivity index (χ0v) is 21.9. The Morgan fingerprint density at radius 3 is 2.39 bits per heavy atom. The fourth-order valence-corrected chi connectivity index (χ4v) is 5.16. The summed E-state index contributed by atoms with van der Waals surface area (Å²) in [5.41, 5.74) is 3.21. The van der Waals surface area contributed by atoms with Crippen molar-refractivity contribution < 1.29 is 14.2 Å². The number of aromatic nitrogens is 4. The van der Waals surface area contributed by atoms with E-state index in [-0.39, 0.29) is 0 Å². The number of methoxy groups -OCH3 is 1. The maximum Gasteiger partial charge on any atom is 0.256 e. The van der Waals surface area contributed by atoms with Gasteiger partial charge in [-0.1, -0.05) is 12.1 Å². The van der Waals surface area contributed by atoms with Crippen LogP contribution in [0.15, 0.2) is 42.9 Å². The minimum atomic E-state index is 0.337. The molecule has 1 N–H and O–H groups in total. The van der Waals surface area contributed by atoms with Gasteiger partial charge < -0.3 is 19.5 Å². The second-order valence-corrected chi connectivity index (χ2v) is 9.74. The summed E-state index contributed by atoms with van der Waals surface area (Å²) in [7, 11) is 1.69. The molecular formula is C28H35N7O3. The van der Waals surface area contributed by atoms with Gasteiger partial charge in [-0.05, 0) is 43.4 Å². The van der Waals surface area contributed by atoms with Crippen LogP contribution >= 0.6 is 0 Å². The van der Waals surface area contributed by atoms with E-state index < -0.39 is 0 Å². The third-order valence-corrected chi connectivity index (χ3v) is 7.28. The van der Waals surface area contributed by atoms with Gasteiger partial charge in [0.15, 0.2) is 0 Å². The molecule has 0 bridgehead atoms. The van der Waals surface area contributed by atoms with Gasteiger partial charge in [-0.3, -0.25) is 9.58 Å². The number of nitrogens with zero attached hydrogens (tertiary/aromatic N) is 6. The molecule has 5 rings (SSSR count). The highest BCUT2D eigenvalue weighted by Crippen LogP contribution is 2.34. The van der Waals surface area contributed by atoms with Gasteiger partial charge in [-0.15, -0.1) is 5.10 Å². The number of anilines is 2. The molecule has 3 heterocycles. The van der Waals surface area contributed by atoms with Crippen molar-refractivity contribution in [1.29, 1.82) is 5.26 Å². The molecule has 38 heavy (non-hydrogen) atoms. The standard InChI is InChI=1S/C28H35N7O3/c1-36-13-2-14-38-27-26(32-28-30-18-23(19-31-28)22-5-3-21(17-29)4-6-22)20-35(33-27)25-9-7-24(8-10-25)34-11-15-37-16-12-34/h3-6,18-20,24-25H,2,7-16H2,1H3,(H,30,31,32). The van der Waals surface area contributed by atoms with E-state index in [1.807, 2.05) is 18.3 Å². The number of nitriles is 1. The summed E-state index contributed by atoms with van der Waals surface area (Å²) in [6, 6.07) is 10.5. The van der Waals surface area contributed by atoms with Crippen molar-refractivity contribution in [2.45, 2.75) is 44.2 Å². The third kappa shape index (κ3) is 6.48. The summed E-state index contributed by atoms with van der Waals surface area (Å²) in [6.07, 6.45) is 10.8. The van der Waals surface area contributed by atoms with Gasteiger partial charge in [0.2, 0.25) is 5.95 Å². The van der Waals surface area contributed by atoms with Crippen LogP contribution in [0.25, 0.3) is 11.1 Å².